The topological polar surface area (TPSA) is 55.1 Å². The fourth-order valence-corrected chi connectivity index (χ4v) is 1.08. The van der Waals surface area contributed by atoms with Gasteiger partial charge < -0.3 is 11.1 Å². The molecule has 3 N–H and O–H groups in total. The molecule has 0 radical (unpaired) electrons. The Bertz CT molecular complexity index is 297. The standard InChI is InChI=1S/C10H14N2O/c1-8-3-2-4-9(7-8)12-10(13)5-6-11/h2-4,7H,5-6,11H2,1H3,(H,12,13). The molecule has 0 saturated carbocycles. The maximum Gasteiger partial charge on any atom is 0.225 e. The zero-order valence-electron chi connectivity index (χ0n) is 7.71. The van der Waals surface area contributed by atoms with E-state index in [4.69, 9.17) is 5.73 Å². The first-order valence-electron chi connectivity index (χ1n) is 4.29. The van der Waals surface area contributed by atoms with Gasteiger partial charge in [0.2, 0.25) is 5.91 Å². The van der Waals surface area contributed by atoms with Crippen LogP contribution in [0.5, 0.6) is 0 Å². The number of nitrogens with one attached hydrogen (secondary N) is 1. The van der Waals surface area contributed by atoms with Gasteiger partial charge in [-0.3, -0.25) is 4.79 Å². The first-order valence-corrected chi connectivity index (χ1v) is 4.29. The van der Waals surface area contributed by atoms with E-state index in [2.05, 4.69) is 5.32 Å². The fourth-order valence-electron chi connectivity index (χ4n) is 1.08. The van der Waals surface area contributed by atoms with Crippen LogP contribution in [0.25, 0.3) is 0 Å². The molecule has 1 aromatic rings. The van der Waals surface area contributed by atoms with Crippen LogP contribution in [0.3, 0.4) is 0 Å². The Morgan fingerprint density at radius 1 is 1.54 bits per heavy atom. The number of anilines is 1. The number of hydrogen-bond acceptors (Lipinski definition) is 2. The molecule has 0 aromatic heterocycles. The average molecular weight is 178 g/mol. The molecule has 0 aliphatic heterocycles. The average Bonchev–Trinajstić information content (AvgIpc) is 2.04. The minimum Gasteiger partial charge on any atom is -0.330 e. The molecule has 0 spiro atoms. The summed E-state index contributed by atoms with van der Waals surface area (Å²) in [6, 6.07) is 7.68. The van der Waals surface area contributed by atoms with Crippen LogP contribution >= 0.6 is 0 Å². The van der Waals surface area contributed by atoms with Gasteiger partial charge in [0.1, 0.15) is 0 Å². The SMILES string of the molecule is Cc1cccc(NC(=O)CCN)c1. The normalized spacial score (nSPS) is 9.69. The summed E-state index contributed by atoms with van der Waals surface area (Å²) >= 11 is 0. The lowest BCUT2D eigenvalue weighted by molar-refractivity contribution is -0.116. The summed E-state index contributed by atoms with van der Waals surface area (Å²) in [5.74, 6) is -0.0342. The fraction of sp³-hybridized carbons (Fsp3) is 0.300. The molecular weight excluding hydrogens is 164 g/mol. The number of amides is 1. The van der Waals surface area contributed by atoms with Gasteiger partial charge in [-0.15, -0.1) is 0 Å². The summed E-state index contributed by atoms with van der Waals surface area (Å²) in [6.45, 7) is 2.37. The van der Waals surface area contributed by atoms with Crippen LogP contribution < -0.4 is 11.1 Å². The van der Waals surface area contributed by atoms with E-state index in [9.17, 15) is 4.79 Å². The Hall–Kier alpha value is -1.35. The van der Waals surface area contributed by atoms with E-state index in [1.807, 2.05) is 31.2 Å². The summed E-state index contributed by atoms with van der Waals surface area (Å²) in [7, 11) is 0. The van der Waals surface area contributed by atoms with Gasteiger partial charge in [-0.25, -0.2) is 0 Å². The number of carbonyl (C=O) groups is 1. The van der Waals surface area contributed by atoms with Crippen molar-refractivity contribution in [2.45, 2.75) is 13.3 Å². The largest absolute Gasteiger partial charge is 0.330 e. The lowest BCUT2D eigenvalue weighted by Crippen LogP contribution is -2.16. The van der Waals surface area contributed by atoms with E-state index < -0.39 is 0 Å². The van der Waals surface area contributed by atoms with E-state index in [0.29, 0.717) is 13.0 Å². The molecule has 0 unspecified atom stereocenters. The van der Waals surface area contributed by atoms with Crippen molar-refractivity contribution in [3.63, 3.8) is 0 Å². The van der Waals surface area contributed by atoms with Gasteiger partial charge >= 0.3 is 0 Å². The van der Waals surface area contributed by atoms with Crippen LogP contribution in [0, 0.1) is 6.92 Å². The highest BCUT2D eigenvalue weighted by molar-refractivity contribution is 5.90. The van der Waals surface area contributed by atoms with Crippen LogP contribution in [-0.4, -0.2) is 12.5 Å². The van der Waals surface area contributed by atoms with E-state index in [-0.39, 0.29) is 5.91 Å². The van der Waals surface area contributed by atoms with Crippen molar-refractivity contribution in [1.29, 1.82) is 0 Å². The van der Waals surface area contributed by atoms with Gasteiger partial charge in [-0.2, -0.15) is 0 Å². The highest BCUT2D eigenvalue weighted by Crippen LogP contribution is 2.09. The summed E-state index contributed by atoms with van der Waals surface area (Å²) in [5, 5.41) is 2.76. The van der Waals surface area contributed by atoms with E-state index in [0.717, 1.165) is 11.3 Å². The maximum absolute atomic E-state index is 11.1. The zero-order chi connectivity index (χ0) is 9.68. The van der Waals surface area contributed by atoms with Gasteiger partial charge in [0.25, 0.3) is 0 Å². The van der Waals surface area contributed by atoms with Crippen molar-refractivity contribution >= 4 is 11.6 Å². The Morgan fingerprint density at radius 2 is 2.31 bits per heavy atom. The van der Waals surface area contributed by atoms with Crippen molar-refractivity contribution in [2.75, 3.05) is 11.9 Å². The van der Waals surface area contributed by atoms with Gasteiger partial charge in [0.05, 0.1) is 0 Å². The minimum absolute atomic E-state index is 0.0342. The molecule has 13 heavy (non-hydrogen) atoms. The van der Waals surface area contributed by atoms with Crippen molar-refractivity contribution in [2.24, 2.45) is 5.73 Å². The van der Waals surface area contributed by atoms with Gasteiger partial charge in [0.15, 0.2) is 0 Å². The highest BCUT2D eigenvalue weighted by atomic mass is 16.1. The molecule has 0 saturated heterocycles. The third-order valence-corrected chi connectivity index (χ3v) is 1.67. The number of rotatable bonds is 3. The molecule has 3 nitrogen and oxygen atoms in total. The minimum atomic E-state index is -0.0342. The monoisotopic (exact) mass is 178 g/mol. The Balaban J connectivity index is 2.58. The summed E-state index contributed by atoms with van der Waals surface area (Å²) < 4.78 is 0. The van der Waals surface area contributed by atoms with Crippen LogP contribution in [0.1, 0.15) is 12.0 Å². The molecule has 1 aromatic carbocycles. The second-order valence-corrected chi connectivity index (χ2v) is 2.96. The molecule has 1 rings (SSSR count). The second-order valence-electron chi connectivity index (χ2n) is 2.96. The lowest BCUT2D eigenvalue weighted by Gasteiger charge is -2.04. The number of aryl methyl sites for hydroxylation is 1. The molecular formula is C10H14N2O. The van der Waals surface area contributed by atoms with Crippen molar-refractivity contribution < 1.29 is 4.79 Å². The smallest absolute Gasteiger partial charge is 0.225 e. The highest BCUT2D eigenvalue weighted by Gasteiger charge is 1.99. The van der Waals surface area contributed by atoms with Crippen LogP contribution in [0.15, 0.2) is 24.3 Å². The van der Waals surface area contributed by atoms with Gasteiger partial charge in [0, 0.05) is 18.7 Å². The van der Waals surface area contributed by atoms with Gasteiger partial charge in [-0.05, 0) is 24.6 Å². The first-order chi connectivity index (χ1) is 6.22. The Kier molecular flexibility index (Phi) is 3.46. The molecule has 0 fully saturated rings. The number of benzene rings is 1. The Labute approximate surface area is 77.9 Å². The maximum atomic E-state index is 11.1. The molecule has 3 heteroatoms. The van der Waals surface area contributed by atoms with E-state index in [1.165, 1.54) is 0 Å². The van der Waals surface area contributed by atoms with Crippen LogP contribution in [-0.2, 0) is 4.79 Å². The molecule has 0 aliphatic rings. The van der Waals surface area contributed by atoms with E-state index >= 15 is 0 Å². The van der Waals surface area contributed by atoms with E-state index in [1.54, 1.807) is 0 Å². The molecule has 0 aliphatic carbocycles. The Morgan fingerprint density at radius 3 is 2.92 bits per heavy atom. The first kappa shape index (κ1) is 9.74. The summed E-state index contributed by atoms with van der Waals surface area (Å²) in [4.78, 5) is 11.1. The quantitative estimate of drug-likeness (QED) is 0.732. The third-order valence-electron chi connectivity index (χ3n) is 1.67. The number of hydrogen-bond donors (Lipinski definition) is 2. The second kappa shape index (κ2) is 4.62. The zero-order valence-corrected chi connectivity index (χ0v) is 7.71. The van der Waals surface area contributed by atoms with Crippen LogP contribution in [0.2, 0.25) is 0 Å². The van der Waals surface area contributed by atoms with Gasteiger partial charge in [-0.1, -0.05) is 12.1 Å². The predicted octanol–water partition coefficient (Wildman–Crippen LogP) is 1.28. The lowest BCUT2D eigenvalue weighted by atomic mass is 10.2. The molecule has 1 amide bonds. The summed E-state index contributed by atoms with van der Waals surface area (Å²) in [6.07, 6.45) is 0.369. The third kappa shape index (κ3) is 3.25. The van der Waals surface area contributed by atoms with Crippen molar-refractivity contribution in [3.05, 3.63) is 29.8 Å². The summed E-state index contributed by atoms with van der Waals surface area (Å²) in [5.41, 5.74) is 7.21. The van der Waals surface area contributed by atoms with Crippen molar-refractivity contribution in [3.8, 4) is 0 Å². The molecule has 0 heterocycles. The number of carbonyl (C=O) groups excluding carboxylic acids is 1. The molecule has 70 valence electrons. The van der Waals surface area contributed by atoms with Crippen LogP contribution in [0.4, 0.5) is 5.69 Å². The molecule has 0 bridgehead atoms. The predicted molar refractivity (Wildman–Crippen MR) is 53.5 cm³/mol. The molecule has 0 atom stereocenters. The number of nitrogens with two attached hydrogens (primary N) is 1. The van der Waals surface area contributed by atoms with Crippen molar-refractivity contribution in [1.82, 2.24) is 0 Å².